The second kappa shape index (κ2) is 8.84. The molecule has 2 aromatic rings. The predicted octanol–water partition coefficient (Wildman–Crippen LogP) is 3.50. The molecule has 1 aliphatic rings. The number of anilines is 1. The Morgan fingerprint density at radius 2 is 1.96 bits per heavy atom. The molecule has 0 aromatic heterocycles. The molecule has 1 fully saturated rings. The quantitative estimate of drug-likeness (QED) is 0.644. The molecule has 1 N–H and O–H groups in total. The number of benzene rings is 2. The Kier molecular flexibility index (Phi) is 6.27. The molecule has 0 bridgehead atoms. The molecule has 1 saturated heterocycles. The lowest BCUT2D eigenvalue weighted by Gasteiger charge is -2.24. The molecular weight excluding hydrogens is 346 g/mol. The zero-order valence-electron chi connectivity index (χ0n) is 15.8. The second-order valence-corrected chi connectivity index (χ2v) is 6.97. The van der Waals surface area contributed by atoms with Gasteiger partial charge in [0.25, 0.3) is 0 Å². The van der Waals surface area contributed by atoms with Crippen molar-refractivity contribution >= 4 is 11.6 Å². The summed E-state index contributed by atoms with van der Waals surface area (Å²) < 4.78 is 26.6. The van der Waals surface area contributed by atoms with Crippen molar-refractivity contribution in [1.82, 2.24) is 10.2 Å². The van der Waals surface area contributed by atoms with E-state index in [2.05, 4.69) is 32.2 Å². The molecule has 1 aliphatic heterocycles. The van der Waals surface area contributed by atoms with Gasteiger partial charge in [0.1, 0.15) is 0 Å². The second-order valence-electron chi connectivity index (χ2n) is 6.97. The van der Waals surface area contributed by atoms with Crippen molar-refractivity contribution in [3.8, 4) is 0 Å². The molecule has 0 saturated carbocycles. The summed E-state index contributed by atoms with van der Waals surface area (Å²) in [6, 6.07) is 14.4. The third-order valence-corrected chi connectivity index (χ3v) is 4.94. The van der Waals surface area contributed by atoms with E-state index in [-0.39, 0.29) is 0 Å². The zero-order chi connectivity index (χ0) is 19.2. The number of guanidine groups is 1. The van der Waals surface area contributed by atoms with Crippen molar-refractivity contribution in [1.29, 1.82) is 0 Å². The molecule has 4 nitrogen and oxygen atoms in total. The normalized spacial score (nSPS) is 17.3. The number of rotatable bonds is 5. The number of nitrogens with one attached hydrogen (secondary N) is 1. The summed E-state index contributed by atoms with van der Waals surface area (Å²) >= 11 is 0. The number of hydrogen-bond acceptors (Lipinski definition) is 2. The minimum Gasteiger partial charge on any atom is -0.371 e. The smallest absolute Gasteiger partial charge is 0.193 e. The summed E-state index contributed by atoms with van der Waals surface area (Å²) in [5.74, 6) is -0.316. The van der Waals surface area contributed by atoms with E-state index >= 15 is 0 Å². The van der Waals surface area contributed by atoms with E-state index in [9.17, 15) is 8.78 Å². The van der Waals surface area contributed by atoms with E-state index < -0.39 is 11.6 Å². The first-order valence-electron chi connectivity index (χ1n) is 9.22. The minimum absolute atomic E-state index is 0.431. The van der Waals surface area contributed by atoms with Crippen LogP contribution in [0, 0.1) is 17.6 Å². The van der Waals surface area contributed by atoms with Crippen LogP contribution in [-0.4, -0.2) is 44.6 Å². The number of nitrogens with zero attached hydrogens (tertiary/aromatic N) is 3. The van der Waals surface area contributed by atoms with Crippen LogP contribution in [0.1, 0.15) is 12.0 Å². The van der Waals surface area contributed by atoms with Gasteiger partial charge in [0.05, 0.1) is 0 Å². The maximum absolute atomic E-state index is 13.5. The molecule has 144 valence electrons. The van der Waals surface area contributed by atoms with Gasteiger partial charge >= 0.3 is 0 Å². The molecule has 1 heterocycles. The SMILES string of the molecule is CN=C(NCC1CCN(c2ccc(F)c(F)c2)C1)N(C)Cc1ccccc1. The van der Waals surface area contributed by atoms with Gasteiger partial charge in [-0.3, -0.25) is 4.99 Å². The van der Waals surface area contributed by atoms with Gasteiger partial charge in [0, 0.05) is 52.0 Å². The van der Waals surface area contributed by atoms with Crippen LogP contribution in [0.25, 0.3) is 0 Å². The van der Waals surface area contributed by atoms with Crippen LogP contribution in [0.3, 0.4) is 0 Å². The Hall–Kier alpha value is -2.63. The Morgan fingerprint density at radius 1 is 1.19 bits per heavy atom. The minimum atomic E-state index is -0.804. The maximum atomic E-state index is 13.5. The molecule has 6 heteroatoms. The lowest BCUT2D eigenvalue weighted by Crippen LogP contribution is -2.41. The highest BCUT2D eigenvalue weighted by molar-refractivity contribution is 5.79. The van der Waals surface area contributed by atoms with E-state index in [0.29, 0.717) is 5.92 Å². The van der Waals surface area contributed by atoms with Crippen LogP contribution >= 0.6 is 0 Å². The molecule has 0 radical (unpaired) electrons. The summed E-state index contributed by atoms with van der Waals surface area (Å²) in [5.41, 5.74) is 1.97. The van der Waals surface area contributed by atoms with Gasteiger partial charge in [-0.25, -0.2) is 8.78 Å². The summed E-state index contributed by atoms with van der Waals surface area (Å²) in [5, 5.41) is 3.44. The third kappa shape index (κ3) is 4.96. The van der Waals surface area contributed by atoms with Crippen molar-refractivity contribution in [3.05, 3.63) is 65.7 Å². The first kappa shape index (κ1) is 19.1. The van der Waals surface area contributed by atoms with Gasteiger partial charge in [-0.15, -0.1) is 0 Å². The fourth-order valence-electron chi connectivity index (χ4n) is 3.47. The lowest BCUT2D eigenvalue weighted by atomic mass is 10.1. The predicted molar refractivity (Wildman–Crippen MR) is 106 cm³/mol. The van der Waals surface area contributed by atoms with Crippen molar-refractivity contribution in [2.75, 3.05) is 38.6 Å². The van der Waals surface area contributed by atoms with Crippen LogP contribution in [-0.2, 0) is 6.54 Å². The number of hydrogen-bond donors (Lipinski definition) is 1. The van der Waals surface area contributed by atoms with E-state index in [1.807, 2.05) is 25.2 Å². The first-order chi connectivity index (χ1) is 13.1. The molecule has 3 rings (SSSR count). The van der Waals surface area contributed by atoms with E-state index in [0.717, 1.165) is 44.2 Å². The van der Waals surface area contributed by atoms with Gasteiger partial charge in [-0.2, -0.15) is 0 Å². The highest BCUT2D eigenvalue weighted by Crippen LogP contribution is 2.25. The van der Waals surface area contributed by atoms with Crippen molar-refractivity contribution < 1.29 is 8.78 Å². The lowest BCUT2D eigenvalue weighted by molar-refractivity contribution is 0.462. The van der Waals surface area contributed by atoms with Crippen molar-refractivity contribution in [2.24, 2.45) is 10.9 Å². The molecular formula is C21H26F2N4. The monoisotopic (exact) mass is 372 g/mol. The van der Waals surface area contributed by atoms with Gasteiger partial charge in [-0.1, -0.05) is 30.3 Å². The summed E-state index contributed by atoms with van der Waals surface area (Å²) in [6.07, 6.45) is 1.01. The fraction of sp³-hybridized carbons (Fsp3) is 0.381. The maximum Gasteiger partial charge on any atom is 0.193 e. The Morgan fingerprint density at radius 3 is 2.67 bits per heavy atom. The zero-order valence-corrected chi connectivity index (χ0v) is 15.8. The Labute approximate surface area is 159 Å². The molecule has 0 amide bonds. The van der Waals surface area contributed by atoms with E-state index in [4.69, 9.17) is 0 Å². The van der Waals surface area contributed by atoms with Crippen LogP contribution in [0.2, 0.25) is 0 Å². The van der Waals surface area contributed by atoms with Gasteiger partial charge < -0.3 is 15.1 Å². The largest absolute Gasteiger partial charge is 0.371 e. The third-order valence-electron chi connectivity index (χ3n) is 4.94. The fourth-order valence-corrected chi connectivity index (χ4v) is 3.47. The topological polar surface area (TPSA) is 30.9 Å². The average molecular weight is 372 g/mol. The first-order valence-corrected chi connectivity index (χ1v) is 9.22. The number of halogens is 2. The van der Waals surface area contributed by atoms with Crippen LogP contribution in [0.15, 0.2) is 53.5 Å². The van der Waals surface area contributed by atoms with Crippen LogP contribution in [0.5, 0.6) is 0 Å². The standard InChI is InChI=1S/C21H26F2N4/c1-24-21(26(2)14-16-6-4-3-5-7-16)25-13-17-10-11-27(15-17)18-8-9-19(22)20(23)12-18/h3-9,12,17H,10-11,13-15H2,1-2H3,(H,24,25). The highest BCUT2D eigenvalue weighted by Gasteiger charge is 2.24. The highest BCUT2D eigenvalue weighted by atomic mass is 19.2. The molecule has 2 aromatic carbocycles. The molecule has 1 atom stereocenters. The molecule has 27 heavy (non-hydrogen) atoms. The van der Waals surface area contributed by atoms with Crippen molar-refractivity contribution in [2.45, 2.75) is 13.0 Å². The van der Waals surface area contributed by atoms with Gasteiger partial charge in [-0.05, 0) is 30.0 Å². The summed E-state index contributed by atoms with van der Waals surface area (Å²) in [6.45, 7) is 3.24. The average Bonchev–Trinajstić information content (AvgIpc) is 3.14. The summed E-state index contributed by atoms with van der Waals surface area (Å²) in [4.78, 5) is 8.57. The molecule has 0 spiro atoms. The molecule has 1 unspecified atom stereocenters. The van der Waals surface area contributed by atoms with Crippen molar-refractivity contribution in [3.63, 3.8) is 0 Å². The number of aliphatic imine (C=N–C) groups is 1. The molecule has 0 aliphatic carbocycles. The van der Waals surface area contributed by atoms with E-state index in [1.54, 1.807) is 13.1 Å². The summed E-state index contributed by atoms with van der Waals surface area (Å²) in [7, 11) is 3.80. The Balaban J connectivity index is 1.51. The van der Waals surface area contributed by atoms with Gasteiger partial charge in [0.2, 0.25) is 0 Å². The van der Waals surface area contributed by atoms with Crippen LogP contribution in [0.4, 0.5) is 14.5 Å². The van der Waals surface area contributed by atoms with Gasteiger partial charge in [0.15, 0.2) is 17.6 Å². The van der Waals surface area contributed by atoms with Crippen LogP contribution < -0.4 is 10.2 Å². The van der Waals surface area contributed by atoms with E-state index in [1.165, 1.54) is 17.7 Å². The Bertz CT molecular complexity index is 779.